The highest BCUT2D eigenvalue weighted by molar-refractivity contribution is 7.93. The van der Waals surface area contributed by atoms with E-state index in [0.717, 1.165) is 17.9 Å². The lowest BCUT2D eigenvalue weighted by atomic mass is 10.0. The van der Waals surface area contributed by atoms with Crippen molar-refractivity contribution in [3.8, 4) is 5.75 Å². The second-order valence-electron chi connectivity index (χ2n) is 5.93. The normalized spacial score (nSPS) is 12.2. The number of rotatable bonds is 6. The van der Waals surface area contributed by atoms with Crippen LogP contribution < -0.4 is 9.46 Å². The number of nitrogens with one attached hydrogen (secondary N) is 1. The quantitative estimate of drug-likeness (QED) is 0.828. The van der Waals surface area contributed by atoms with Crippen molar-refractivity contribution in [2.24, 2.45) is 0 Å². The fourth-order valence-electron chi connectivity index (χ4n) is 2.39. The van der Waals surface area contributed by atoms with E-state index in [1.54, 1.807) is 12.1 Å². The zero-order valence-corrected chi connectivity index (χ0v) is 16.1. The van der Waals surface area contributed by atoms with Crippen molar-refractivity contribution in [3.05, 3.63) is 48.0 Å². The van der Waals surface area contributed by atoms with Crippen molar-refractivity contribution in [2.75, 3.05) is 18.1 Å². The van der Waals surface area contributed by atoms with E-state index in [0.29, 0.717) is 5.69 Å². The molecule has 8 heteroatoms. The monoisotopic (exact) mass is 383 g/mol. The van der Waals surface area contributed by atoms with Crippen LogP contribution in [0, 0.1) is 0 Å². The minimum absolute atomic E-state index is 0.0712. The minimum Gasteiger partial charge on any atom is -0.495 e. The molecule has 0 aliphatic rings. The van der Waals surface area contributed by atoms with Crippen molar-refractivity contribution >= 4 is 25.5 Å². The van der Waals surface area contributed by atoms with Crippen molar-refractivity contribution in [3.63, 3.8) is 0 Å². The zero-order valence-electron chi connectivity index (χ0n) is 14.5. The molecule has 0 bridgehead atoms. The highest BCUT2D eigenvalue weighted by Crippen LogP contribution is 2.31. The van der Waals surface area contributed by atoms with Gasteiger partial charge in [-0.25, -0.2) is 16.8 Å². The Bertz CT molecular complexity index is 980. The Morgan fingerprint density at radius 2 is 1.64 bits per heavy atom. The summed E-state index contributed by atoms with van der Waals surface area (Å²) in [5, 5.41) is 0. The summed E-state index contributed by atoms with van der Waals surface area (Å²) in [6.07, 6.45) is 1.02. The molecule has 136 valence electrons. The molecule has 0 aliphatic carbocycles. The number of sulfone groups is 1. The van der Waals surface area contributed by atoms with E-state index in [4.69, 9.17) is 4.74 Å². The van der Waals surface area contributed by atoms with Gasteiger partial charge in [0.05, 0.1) is 17.7 Å². The van der Waals surface area contributed by atoms with E-state index < -0.39 is 19.9 Å². The maximum atomic E-state index is 12.8. The van der Waals surface area contributed by atoms with E-state index in [-0.39, 0.29) is 21.5 Å². The summed E-state index contributed by atoms with van der Waals surface area (Å²) in [4.78, 5) is -0.317. The molecular weight excluding hydrogens is 362 g/mol. The largest absolute Gasteiger partial charge is 0.495 e. The fraction of sp³-hybridized carbons (Fsp3) is 0.294. The van der Waals surface area contributed by atoms with Gasteiger partial charge >= 0.3 is 0 Å². The lowest BCUT2D eigenvalue weighted by Crippen LogP contribution is -2.16. The maximum Gasteiger partial charge on any atom is 0.265 e. The molecule has 2 aromatic rings. The van der Waals surface area contributed by atoms with Crippen LogP contribution in [0.25, 0.3) is 0 Å². The lowest BCUT2D eigenvalue weighted by molar-refractivity contribution is 0.402. The Balaban J connectivity index is 2.57. The third-order valence-corrected chi connectivity index (χ3v) is 6.18. The van der Waals surface area contributed by atoms with Gasteiger partial charge in [0.2, 0.25) is 0 Å². The van der Waals surface area contributed by atoms with Gasteiger partial charge in [0.25, 0.3) is 10.0 Å². The Morgan fingerprint density at radius 1 is 1.00 bits per heavy atom. The maximum absolute atomic E-state index is 12.8. The number of ether oxygens (including phenoxy) is 1. The van der Waals surface area contributed by atoms with Crippen LogP contribution in [-0.4, -0.2) is 30.2 Å². The van der Waals surface area contributed by atoms with Crippen LogP contribution in [0.15, 0.2) is 52.3 Å². The van der Waals surface area contributed by atoms with Gasteiger partial charge in [-0.15, -0.1) is 0 Å². The van der Waals surface area contributed by atoms with Gasteiger partial charge in [0.15, 0.2) is 9.84 Å². The molecule has 0 aliphatic heterocycles. The van der Waals surface area contributed by atoms with E-state index in [9.17, 15) is 16.8 Å². The Morgan fingerprint density at radius 3 is 2.20 bits per heavy atom. The third-order valence-electron chi connectivity index (χ3n) is 3.68. The minimum atomic E-state index is -4.03. The van der Waals surface area contributed by atoms with Crippen molar-refractivity contribution in [1.82, 2.24) is 0 Å². The van der Waals surface area contributed by atoms with Crippen molar-refractivity contribution in [2.45, 2.75) is 29.6 Å². The predicted octanol–water partition coefficient (Wildman–Crippen LogP) is 3.02. The van der Waals surface area contributed by atoms with E-state index in [2.05, 4.69) is 4.72 Å². The molecule has 0 heterocycles. The first-order valence-corrected chi connectivity index (χ1v) is 10.9. The van der Waals surface area contributed by atoms with Gasteiger partial charge in [-0.1, -0.05) is 32.0 Å². The predicted molar refractivity (Wildman–Crippen MR) is 97.4 cm³/mol. The third kappa shape index (κ3) is 4.32. The highest BCUT2D eigenvalue weighted by Gasteiger charge is 2.23. The van der Waals surface area contributed by atoms with Crippen LogP contribution in [0.3, 0.4) is 0 Å². The summed E-state index contributed by atoms with van der Waals surface area (Å²) in [7, 11) is -6.26. The molecule has 0 spiro atoms. The van der Waals surface area contributed by atoms with Crippen molar-refractivity contribution in [1.29, 1.82) is 0 Å². The zero-order chi connectivity index (χ0) is 18.8. The summed E-state index contributed by atoms with van der Waals surface area (Å²) >= 11 is 0. The lowest BCUT2D eigenvalue weighted by Gasteiger charge is -2.16. The molecule has 0 saturated carbocycles. The highest BCUT2D eigenvalue weighted by atomic mass is 32.2. The molecule has 0 unspecified atom stereocenters. The standard InChI is InChI=1S/C17H21NO5S2/c1-12(2)14-7-5-6-8-15(14)18-25(21,22)17-11-13(24(4,19)20)9-10-16(17)23-3/h5-12,18H,1-4H3. The van der Waals surface area contributed by atoms with Crippen LogP contribution >= 0.6 is 0 Å². The second kappa shape index (κ2) is 7.05. The molecule has 2 aromatic carbocycles. The van der Waals surface area contributed by atoms with E-state index in [1.807, 2.05) is 26.0 Å². The van der Waals surface area contributed by atoms with E-state index >= 15 is 0 Å². The Kier molecular flexibility index (Phi) is 5.43. The number of anilines is 1. The second-order valence-corrected chi connectivity index (χ2v) is 9.60. The topological polar surface area (TPSA) is 89.5 Å². The summed E-state index contributed by atoms with van der Waals surface area (Å²) < 4.78 is 56.8. The first-order valence-electron chi connectivity index (χ1n) is 7.56. The van der Waals surface area contributed by atoms with Gasteiger partial charge in [-0.3, -0.25) is 4.72 Å². The van der Waals surface area contributed by atoms with Crippen molar-refractivity contribution < 1.29 is 21.6 Å². The van der Waals surface area contributed by atoms with Crippen LogP contribution in [0.4, 0.5) is 5.69 Å². The van der Waals surface area contributed by atoms with Gasteiger partial charge in [-0.05, 0) is 35.7 Å². The number of methoxy groups -OCH3 is 1. The molecule has 0 atom stereocenters. The summed E-state index contributed by atoms with van der Waals surface area (Å²) in [6.45, 7) is 3.91. The molecule has 6 nitrogen and oxygen atoms in total. The summed E-state index contributed by atoms with van der Waals surface area (Å²) in [6, 6.07) is 10.8. The SMILES string of the molecule is COc1ccc(S(C)(=O)=O)cc1S(=O)(=O)Nc1ccccc1C(C)C. The molecule has 0 saturated heterocycles. The van der Waals surface area contributed by atoms with Crippen LogP contribution in [-0.2, 0) is 19.9 Å². The fourth-order valence-corrected chi connectivity index (χ4v) is 4.40. The Hall–Kier alpha value is -2.06. The molecule has 25 heavy (non-hydrogen) atoms. The smallest absolute Gasteiger partial charge is 0.265 e. The average Bonchev–Trinajstić information content (AvgIpc) is 2.53. The van der Waals surface area contributed by atoms with Gasteiger partial charge in [0.1, 0.15) is 10.6 Å². The number of hydrogen-bond acceptors (Lipinski definition) is 5. The van der Waals surface area contributed by atoms with Gasteiger partial charge in [-0.2, -0.15) is 0 Å². The van der Waals surface area contributed by atoms with Crippen LogP contribution in [0.5, 0.6) is 5.75 Å². The first-order chi connectivity index (χ1) is 11.6. The average molecular weight is 383 g/mol. The number of hydrogen-bond donors (Lipinski definition) is 1. The van der Waals surface area contributed by atoms with E-state index in [1.165, 1.54) is 19.2 Å². The molecule has 1 N–H and O–H groups in total. The molecule has 0 fully saturated rings. The molecule has 0 amide bonds. The summed E-state index contributed by atoms with van der Waals surface area (Å²) in [5.41, 5.74) is 1.29. The van der Waals surface area contributed by atoms with Crippen LogP contribution in [0.2, 0.25) is 0 Å². The summed E-state index contributed by atoms with van der Waals surface area (Å²) in [5.74, 6) is 0.185. The first kappa shape index (κ1) is 19.3. The Labute approximate surface area is 148 Å². The van der Waals surface area contributed by atoms with Gasteiger partial charge in [0, 0.05) is 6.26 Å². The van der Waals surface area contributed by atoms with Gasteiger partial charge < -0.3 is 4.74 Å². The molecular formula is C17H21NO5S2. The molecule has 2 rings (SSSR count). The van der Waals surface area contributed by atoms with Crippen LogP contribution in [0.1, 0.15) is 25.3 Å². The molecule has 0 radical (unpaired) electrons. The number of benzene rings is 2. The number of para-hydroxylation sites is 1. The molecule has 0 aromatic heterocycles. The number of sulfonamides is 1.